The molecule has 5 heteroatoms. The Bertz CT molecular complexity index is 1380. The van der Waals surface area contributed by atoms with Crippen molar-refractivity contribution in [1.82, 2.24) is 10.2 Å². The molecule has 0 radical (unpaired) electrons. The molecule has 3 aromatic carbocycles. The Balaban J connectivity index is 1.07. The standard InChI is InChI=1S/C34H38N2O3/c1-22-31-20-28-13-14-29(19-30(28)34(22,2)16-18-36(31)21-24-3-4-24)32(37)35-17-15-23-5-7-25(8-6-23)26-9-11-27(12-10-26)33(38)39/h5-14,19,22,24,31H,3-4,15-18,20-21H2,1-2H3,(H,35,37)(H,38,39). The molecule has 2 bridgehead atoms. The highest BCUT2D eigenvalue weighted by molar-refractivity contribution is 5.94. The first-order valence-corrected chi connectivity index (χ1v) is 14.4. The fourth-order valence-electron chi connectivity index (χ4n) is 6.80. The second-order valence-electron chi connectivity index (χ2n) is 12.1. The maximum atomic E-state index is 13.1. The average Bonchev–Trinajstić information content (AvgIpc) is 3.77. The SMILES string of the molecule is CC1C2Cc3ccc(C(=O)NCCc4ccc(-c5ccc(C(=O)O)cc5)cc4)cc3C1(C)CCN2CC1CC1. The molecule has 3 atom stereocenters. The Morgan fingerprint density at radius 3 is 2.31 bits per heavy atom. The third-order valence-corrected chi connectivity index (χ3v) is 9.69. The van der Waals surface area contributed by atoms with E-state index in [0.29, 0.717) is 18.5 Å². The molecule has 5 nitrogen and oxygen atoms in total. The van der Waals surface area contributed by atoms with E-state index in [1.54, 1.807) is 12.1 Å². The molecule has 2 aliphatic carbocycles. The van der Waals surface area contributed by atoms with Crippen molar-refractivity contribution in [1.29, 1.82) is 0 Å². The van der Waals surface area contributed by atoms with E-state index in [4.69, 9.17) is 5.11 Å². The summed E-state index contributed by atoms with van der Waals surface area (Å²) in [6.45, 7) is 7.86. The minimum atomic E-state index is -0.920. The van der Waals surface area contributed by atoms with E-state index in [9.17, 15) is 9.59 Å². The van der Waals surface area contributed by atoms with Crippen molar-refractivity contribution < 1.29 is 14.7 Å². The number of carbonyl (C=O) groups excluding carboxylic acids is 1. The van der Waals surface area contributed by atoms with Gasteiger partial charge < -0.3 is 10.4 Å². The molecular formula is C34H38N2O3. The van der Waals surface area contributed by atoms with Crippen molar-refractivity contribution in [3.63, 3.8) is 0 Å². The van der Waals surface area contributed by atoms with E-state index in [0.717, 1.165) is 47.4 Å². The molecule has 0 spiro atoms. The summed E-state index contributed by atoms with van der Waals surface area (Å²) < 4.78 is 0. The first-order valence-electron chi connectivity index (χ1n) is 14.4. The van der Waals surface area contributed by atoms with Gasteiger partial charge in [0.25, 0.3) is 5.91 Å². The van der Waals surface area contributed by atoms with Gasteiger partial charge in [-0.3, -0.25) is 9.69 Å². The highest BCUT2D eigenvalue weighted by Gasteiger charge is 2.49. The highest BCUT2D eigenvalue weighted by atomic mass is 16.4. The molecule has 3 unspecified atom stereocenters. The van der Waals surface area contributed by atoms with Crippen LogP contribution in [-0.2, 0) is 18.3 Å². The minimum Gasteiger partial charge on any atom is -0.478 e. The van der Waals surface area contributed by atoms with Gasteiger partial charge in [0.2, 0.25) is 0 Å². The number of carboxylic acids is 1. The van der Waals surface area contributed by atoms with Crippen LogP contribution >= 0.6 is 0 Å². The zero-order chi connectivity index (χ0) is 27.1. The Kier molecular flexibility index (Phi) is 6.80. The number of nitrogens with one attached hydrogen (secondary N) is 1. The number of hydrogen-bond donors (Lipinski definition) is 2. The van der Waals surface area contributed by atoms with Crippen LogP contribution in [0.1, 0.15) is 70.5 Å². The van der Waals surface area contributed by atoms with Crippen LogP contribution in [0.3, 0.4) is 0 Å². The molecule has 2 fully saturated rings. The van der Waals surface area contributed by atoms with Gasteiger partial charge in [-0.1, -0.05) is 56.3 Å². The predicted octanol–water partition coefficient (Wildman–Crippen LogP) is 5.96. The molecule has 1 saturated carbocycles. The lowest BCUT2D eigenvalue weighted by Gasteiger charge is -2.55. The molecular weight excluding hydrogens is 484 g/mol. The van der Waals surface area contributed by atoms with E-state index in [1.165, 1.54) is 37.1 Å². The molecule has 202 valence electrons. The lowest BCUT2D eigenvalue weighted by Crippen LogP contribution is -2.58. The third kappa shape index (κ3) is 5.12. The monoisotopic (exact) mass is 522 g/mol. The first kappa shape index (κ1) is 25.8. The summed E-state index contributed by atoms with van der Waals surface area (Å²) in [4.78, 5) is 26.9. The Morgan fingerprint density at radius 2 is 1.64 bits per heavy atom. The van der Waals surface area contributed by atoms with Crippen LogP contribution in [0.5, 0.6) is 0 Å². The molecule has 1 aliphatic heterocycles. The lowest BCUT2D eigenvalue weighted by atomic mass is 9.59. The number of benzene rings is 3. The van der Waals surface area contributed by atoms with Gasteiger partial charge in [-0.05, 0) is 108 Å². The third-order valence-electron chi connectivity index (χ3n) is 9.69. The van der Waals surface area contributed by atoms with Crippen molar-refractivity contribution >= 4 is 11.9 Å². The van der Waals surface area contributed by atoms with E-state index in [-0.39, 0.29) is 16.9 Å². The van der Waals surface area contributed by atoms with Gasteiger partial charge >= 0.3 is 5.97 Å². The number of piperidine rings is 1. The molecule has 1 amide bonds. The Morgan fingerprint density at radius 1 is 0.974 bits per heavy atom. The van der Waals surface area contributed by atoms with Gasteiger partial charge in [0, 0.05) is 24.7 Å². The number of amides is 1. The van der Waals surface area contributed by atoms with E-state index in [2.05, 4.69) is 48.3 Å². The summed E-state index contributed by atoms with van der Waals surface area (Å²) in [5.41, 5.74) is 7.16. The summed E-state index contributed by atoms with van der Waals surface area (Å²) >= 11 is 0. The fraction of sp³-hybridized carbons (Fsp3) is 0.412. The summed E-state index contributed by atoms with van der Waals surface area (Å²) in [5.74, 6) is 0.590. The summed E-state index contributed by atoms with van der Waals surface area (Å²) in [5, 5.41) is 12.2. The molecule has 1 saturated heterocycles. The molecule has 2 N–H and O–H groups in total. The summed E-state index contributed by atoms with van der Waals surface area (Å²) in [6.07, 6.45) is 5.82. The van der Waals surface area contributed by atoms with E-state index in [1.807, 2.05) is 30.3 Å². The van der Waals surface area contributed by atoms with Gasteiger partial charge in [-0.2, -0.15) is 0 Å². The number of nitrogens with zero attached hydrogens (tertiary/aromatic N) is 1. The molecule has 3 aromatic rings. The number of carboxylic acid groups (broad SMARTS) is 1. The number of aromatic carboxylic acids is 1. The van der Waals surface area contributed by atoms with Gasteiger partial charge in [0.05, 0.1) is 5.56 Å². The van der Waals surface area contributed by atoms with Gasteiger partial charge in [0.1, 0.15) is 0 Å². The first-order chi connectivity index (χ1) is 18.8. The molecule has 6 rings (SSSR count). The number of likely N-dealkylation sites (tertiary alicyclic amines) is 1. The van der Waals surface area contributed by atoms with Crippen LogP contribution < -0.4 is 5.32 Å². The van der Waals surface area contributed by atoms with Crippen LogP contribution in [0, 0.1) is 11.8 Å². The van der Waals surface area contributed by atoms with Crippen molar-refractivity contribution in [3.05, 3.63) is 94.5 Å². The maximum Gasteiger partial charge on any atom is 0.335 e. The molecule has 3 aliphatic rings. The van der Waals surface area contributed by atoms with E-state index < -0.39 is 5.97 Å². The van der Waals surface area contributed by atoms with Crippen molar-refractivity contribution in [2.75, 3.05) is 19.6 Å². The number of rotatable bonds is 8. The summed E-state index contributed by atoms with van der Waals surface area (Å²) in [7, 11) is 0. The lowest BCUT2D eigenvalue weighted by molar-refractivity contribution is 0.0284. The van der Waals surface area contributed by atoms with Crippen LogP contribution in [0.25, 0.3) is 11.1 Å². The van der Waals surface area contributed by atoms with Crippen LogP contribution in [-0.4, -0.2) is 47.6 Å². The van der Waals surface area contributed by atoms with Gasteiger partial charge in [-0.15, -0.1) is 0 Å². The largest absolute Gasteiger partial charge is 0.478 e. The second kappa shape index (κ2) is 10.3. The zero-order valence-electron chi connectivity index (χ0n) is 23.0. The normalized spacial score (nSPS) is 24.2. The molecule has 0 aromatic heterocycles. The zero-order valence-corrected chi connectivity index (χ0v) is 23.0. The van der Waals surface area contributed by atoms with Crippen molar-refractivity contribution in [3.8, 4) is 11.1 Å². The highest BCUT2D eigenvalue weighted by Crippen LogP contribution is 2.49. The molecule has 39 heavy (non-hydrogen) atoms. The van der Waals surface area contributed by atoms with Crippen molar-refractivity contribution in [2.24, 2.45) is 11.8 Å². The smallest absolute Gasteiger partial charge is 0.335 e. The Labute approximate surface area is 231 Å². The van der Waals surface area contributed by atoms with E-state index >= 15 is 0 Å². The number of fused-ring (bicyclic) bond motifs is 4. The Hall–Kier alpha value is -3.44. The van der Waals surface area contributed by atoms with Crippen LogP contribution in [0.2, 0.25) is 0 Å². The molecule has 1 heterocycles. The van der Waals surface area contributed by atoms with Crippen LogP contribution in [0.15, 0.2) is 66.7 Å². The second-order valence-corrected chi connectivity index (χ2v) is 12.1. The minimum absolute atomic E-state index is 0.00233. The summed E-state index contributed by atoms with van der Waals surface area (Å²) in [6, 6.07) is 22.2. The number of carbonyl (C=O) groups is 2. The quantitative estimate of drug-likeness (QED) is 0.383. The van der Waals surface area contributed by atoms with Crippen molar-refractivity contribution in [2.45, 2.75) is 57.4 Å². The number of hydrogen-bond acceptors (Lipinski definition) is 3. The van der Waals surface area contributed by atoms with Gasteiger partial charge in [0.15, 0.2) is 0 Å². The van der Waals surface area contributed by atoms with Gasteiger partial charge in [-0.25, -0.2) is 4.79 Å². The fourth-order valence-corrected chi connectivity index (χ4v) is 6.80. The predicted molar refractivity (Wildman–Crippen MR) is 154 cm³/mol. The maximum absolute atomic E-state index is 13.1. The average molecular weight is 523 g/mol. The topological polar surface area (TPSA) is 69.6 Å². The van der Waals surface area contributed by atoms with Crippen LogP contribution in [0.4, 0.5) is 0 Å².